The number of aliphatic imine (C=N–C) groups is 1. The molecule has 0 unspecified atom stereocenters. The molecular formula is C21H26N4O2S. The average Bonchev–Trinajstić information content (AvgIpc) is 3.52. The largest absolute Gasteiger partial charge is 0.345 e. The molecule has 6 nitrogen and oxygen atoms in total. The predicted octanol–water partition coefficient (Wildman–Crippen LogP) is 3.25. The minimum absolute atomic E-state index is 0.0201. The number of allylic oxidation sites excluding steroid dienone is 1. The van der Waals surface area contributed by atoms with Crippen molar-refractivity contribution in [3.63, 3.8) is 0 Å². The smallest absolute Gasteiger partial charge is 0.253 e. The molecule has 0 radical (unpaired) electrons. The van der Waals surface area contributed by atoms with E-state index >= 15 is 0 Å². The van der Waals surface area contributed by atoms with Gasteiger partial charge < -0.3 is 15.1 Å². The lowest BCUT2D eigenvalue weighted by Gasteiger charge is -2.41. The molecule has 4 rings (SSSR count). The zero-order valence-electron chi connectivity index (χ0n) is 16.6. The second-order valence-electron chi connectivity index (χ2n) is 7.78. The molecule has 2 amide bonds. The summed E-state index contributed by atoms with van der Waals surface area (Å²) in [4.78, 5) is 33.8. The van der Waals surface area contributed by atoms with E-state index in [-0.39, 0.29) is 23.8 Å². The van der Waals surface area contributed by atoms with Crippen LogP contribution in [0.25, 0.3) is 0 Å². The molecule has 1 aromatic carbocycles. The van der Waals surface area contributed by atoms with E-state index in [1.165, 1.54) is 0 Å². The van der Waals surface area contributed by atoms with Crippen molar-refractivity contribution in [1.29, 1.82) is 0 Å². The summed E-state index contributed by atoms with van der Waals surface area (Å²) in [5.74, 6) is 1.27. The summed E-state index contributed by atoms with van der Waals surface area (Å²) in [6, 6.07) is 7.72. The van der Waals surface area contributed by atoms with Gasteiger partial charge in [0, 0.05) is 38.0 Å². The highest BCUT2D eigenvalue weighted by Gasteiger charge is 2.38. The molecule has 1 aromatic rings. The van der Waals surface area contributed by atoms with E-state index in [2.05, 4.69) is 10.2 Å². The van der Waals surface area contributed by atoms with Crippen molar-refractivity contribution >= 4 is 34.4 Å². The van der Waals surface area contributed by atoms with Crippen molar-refractivity contribution in [1.82, 2.24) is 9.80 Å². The Morgan fingerprint density at radius 3 is 2.79 bits per heavy atom. The zero-order chi connectivity index (χ0) is 19.8. The molecule has 3 aliphatic rings. The van der Waals surface area contributed by atoms with Crippen LogP contribution >= 0.6 is 11.8 Å². The highest BCUT2D eigenvalue weighted by molar-refractivity contribution is 8.13. The van der Waals surface area contributed by atoms with Gasteiger partial charge in [0.25, 0.3) is 5.91 Å². The Bertz CT molecular complexity index is 873. The summed E-state index contributed by atoms with van der Waals surface area (Å²) in [6.45, 7) is 2.79. The summed E-state index contributed by atoms with van der Waals surface area (Å²) < 4.78 is 0. The van der Waals surface area contributed by atoms with Gasteiger partial charge in [-0.1, -0.05) is 23.9 Å². The Labute approximate surface area is 170 Å². The van der Waals surface area contributed by atoms with Crippen LogP contribution in [0.3, 0.4) is 0 Å². The van der Waals surface area contributed by atoms with Gasteiger partial charge in [-0.3, -0.25) is 9.59 Å². The minimum atomic E-state index is -0.187. The van der Waals surface area contributed by atoms with E-state index in [4.69, 9.17) is 4.99 Å². The highest BCUT2D eigenvalue weighted by atomic mass is 32.2. The van der Waals surface area contributed by atoms with Crippen molar-refractivity contribution in [3.8, 4) is 0 Å². The van der Waals surface area contributed by atoms with Crippen molar-refractivity contribution in [2.24, 2.45) is 10.9 Å². The fourth-order valence-corrected chi connectivity index (χ4v) is 4.73. The van der Waals surface area contributed by atoms with E-state index in [9.17, 15) is 9.59 Å². The Kier molecular flexibility index (Phi) is 5.19. The van der Waals surface area contributed by atoms with Gasteiger partial charge in [-0.15, -0.1) is 0 Å². The Balaban J connectivity index is 1.73. The lowest BCUT2D eigenvalue weighted by molar-refractivity contribution is -0.125. The van der Waals surface area contributed by atoms with Crippen molar-refractivity contribution in [2.45, 2.75) is 32.2 Å². The fraction of sp³-hybridized carbons (Fsp3) is 0.476. The quantitative estimate of drug-likeness (QED) is 0.846. The summed E-state index contributed by atoms with van der Waals surface area (Å²) >= 11 is 1.75. The van der Waals surface area contributed by atoms with Gasteiger partial charge in [0.05, 0.1) is 17.3 Å². The summed E-state index contributed by atoms with van der Waals surface area (Å²) in [5, 5.41) is 4.01. The summed E-state index contributed by atoms with van der Waals surface area (Å²) in [7, 11) is 3.55. The number of carbonyl (C=O) groups excluding carboxylic acids is 2. The number of hydrogen-bond donors (Lipinski definition) is 1. The number of anilines is 1. The zero-order valence-corrected chi connectivity index (χ0v) is 17.4. The van der Waals surface area contributed by atoms with Gasteiger partial charge in [0.2, 0.25) is 5.91 Å². The molecule has 1 saturated carbocycles. The lowest BCUT2D eigenvalue weighted by atomic mass is 9.93. The number of rotatable bonds is 4. The van der Waals surface area contributed by atoms with Crippen molar-refractivity contribution in [3.05, 3.63) is 41.1 Å². The molecule has 1 saturated heterocycles. The first-order chi connectivity index (χ1) is 13.5. The molecule has 0 spiro atoms. The van der Waals surface area contributed by atoms with Crippen LogP contribution in [-0.2, 0) is 9.59 Å². The Morgan fingerprint density at radius 2 is 2.07 bits per heavy atom. The van der Waals surface area contributed by atoms with Crippen LogP contribution in [0.1, 0.15) is 37.8 Å². The number of benzene rings is 1. The van der Waals surface area contributed by atoms with Gasteiger partial charge in [-0.25, -0.2) is 4.99 Å². The first-order valence-corrected chi connectivity index (χ1v) is 10.8. The number of amidine groups is 1. The fourth-order valence-electron chi connectivity index (χ4n) is 3.71. The molecule has 2 fully saturated rings. The molecule has 1 atom stereocenters. The molecule has 2 aliphatic heterocycles. The first-order valence-electron chi connectivity index (χ1n) is 9.77. The molecule has 7 heteroatoms. The predicted molar refractivity (Wildman–Crippen MR) is 113 cm³/mol. The first kappa shape index (κ1) is 19.1. The van der Waals surface area contributed by atoms with E-state index in [1.807, 2.05) is 31.2 Å². The van der Waals surface area contributed by atoms with Crippen molar-refractivity contribution in [2.75, 3.05) is 31.7 Å². The number of nitrogens with zero attached hydrogens (tertiary/aromatic N) is 3. The maximum absolute atomic E-state index is 13.0. The molecule has 28 heavy (non-hydrogen) atoms. The second kappa shape index (κ2) is 7.62. The SMILES string of the molecule is CC1=C(C(=O)N(C)C)[C@@H](c2cccc(NC(=O)C3CC3)c2)N2CCCSC2=N1. The monoisotopic (exact) mass is 398 g/mol. The molecule has 2 heterocycles. The van der Waals surface area contributed by atoms with Crippen LogP contribution in [0.4, 0.5) is 5.69 Å². The highest BCUT2D eigenvalue weighted by Crippen LogP contribution is 2.40. The summed E-state index contributed by atoms with van der Waals surface area (Å²) in [5.41, 5.74) is 3.28. The maximum atomic E-state index is 13.0. The van der Waals surface area contributed by atoms with Gasteiger partial charge >= 0.3 is 0 Å². The number of nitrogens with one attached hydrogen (secondary N) is 1. The number of thioether (sulfide) groups is 1. The number of hydrogen-bond acceptors (Lipinski definition) is 5. The molecule has 0 aromatic heterocycles. The van der Waals surface area contributed by atoms with Crippen LogP contribution in [0.15, 0.2) is 40.5 Å². The van der Waals surface area contributed by atoms with Gasteiger partial charge in [0.15, 0.2) is 5.17 Å². The van der Waals surface area contributed by atoms with Crippen LogP contribution in [-0.4, -0.2) is 53.2 Å². The standard InChI is InChI=1S/C21H26N4O2S/c1-13-17(20(27)24(2)3)18(25-10-5-11-28-21(25)22-13)15-6-4-7-16(12-15)23-19(26)14-8-9-14/h4,6-7,12,14,18H,5,8-11H2,1-3H3,(H,23,26)/t18-/m1/s1. The lowest BCUT2D eigenvalue weighted by Crippen LogP contribution is -2.43. The number of amides is 2. The van der Waals surface area contributed by atoms with Gasteiger partial charge in [-0.05, 0) is 43.9 Å². The number of fused-ring (bicyclic) bond motifs is 1. The topological polar surface area (TPSA) is 65.0 Å². The molecule has 1 N–H and O–H groups in total. The third kappa shape index (κ3) is 3.68. The van der Waals surface area contributed by atoms with Crippen molar-refractivity contribution < 1.29 is 9.59 Å². The van der Waals surface area contributed by atoms with Crippen LogP contribution in [0.2, 0.25) is 0 Å². The number of likely N-dealkylation sites (N-methyl/N-ethyl adjacent to an activating group) is 1. The van der Waals surface area contributed by atoms with E-state index in [1.54, 1.807) is 30.8 Å². The molecule has 1 aliphatic carbocycles. The van der Waals surface area contributed by atoms with E-state index < -0.39 is 0 Å². The molecule has 148 valence electrons. The molecular weight excluding hydrogens is 372 g/mol. The molecule has 0 bridgehead atoms. The second-order valence-corrected chi connectivity index (χ2v) is 8.84. The minimum Gasteiger partial charge on any atom is -0.345 e. The third-order valence-corrected chi connectivity index (χ3v) is 6.39. The van der Waals surface area contributed by atoms with Gasteiger partial charge in [-0.2, -0.15) is 0 Å². The van der Waals surface area contributed by atoms with Crippen LogP contribution in [0, 0.1) is 5.92 Å². The van der Waals surface area contributed by atoms with Crippen LogP contribution < -0.4 is 5.32 Å². The van der Waals surface area contributed by atoms with E-state index in [0.717, 1.165) is 53.7 Å². The Morgan fingerprint density at radius 1 is 1.29 bits per heavy atom. The van der Waals surface area contributed by atoms with Gasteiger partial charge in [0.1, 0.15) is 0 Å². The Hall–Kier alpha value is -2.28. The maximum Gasteiger partial charge on any atom is 0.253 e. The van der Waals surface area contributed by atoms with E-state index in [0.29, 0.717) is 5.57 Å². The van der Waals surface area contributed by atoms with Crippen LogP contribution in [0.5, 0.6) is 0 Å². The number of carbonyl (C=O) groups is 2. The summed E-state index contributed by atoms with van der Waals surface area (Å²) in [6.07, 6.45) is 3.01. The average molecular weight is 399 g/mol. The third-order valence-electron chi connectivity index (χ3n) is 5.31. The normalized spacial score (nSPS) is 21.8.